The van der Waals surface area contributed by atoms with Crippen LogP contribution in [0.4, 0.5) is 5.69 Å². The fourth-order valence-corrected chi connectivity index (χ4v) is 1.97. The van der Waals surface area contributed by atoms with Gasteiger partial charge < -0.3 is 9.64 Å². The van der Waals surface area contributed by atoms with E-state index in [0.29, 0.717) is 6.54 Å². The van der Waals surface area contributed by atoms with Crippen molar-refractivity contribution in [3.8, 4) is 0 Å². The van der Waals surface area contributed by atoms with Crippen molar-refractivity contribution < 1.29 is 14.3 Å². The van der Waals surface area contributed by atoms with E-state index < -0.39 is 0 Å². The number of rotatable bonds is 1. The molecule has 1 aromatic carbocycles. The Morgan fingerprint density at radius 1 is 1.31 bits per heavy atom. The number of ether oxygens (including phenoxy) is 1. The summed E-state index contributed by atoms with van der Waals surface area (Å²) in [5.41, 5.74) is 1.73. The third kappa shape index (κ3) is 1.78. The number of esters is 1. The van der Waals surface area contributed by atoms with Crippen molar-refractivity contribution >= 4 is 17.6 Å². The standard InChI is InChI=1S/C12H13NO3/c1-8(14)13-7-12(16-9(2)15)10-5-3-4-6-11(10)13/h3-6,12H,7H2,1-2H3. The van der Waals surface area contributed by atoms with Gasteiger partial charge in [-0.25, -0.2) is 0 Å². The summed E-state index contributed by atoms with van der Waals surface area (Å²) >= 11 is 0. The molecule has 16 heavy (non-hydrogen) atoms. The fraction of sp³-hybridized carbons (Fsp3) is 0.333. The van der Waals surface area contributed by atoms with E-state index >= 15 is 0 Å². The average Bonchev–Trinajstić information content (AvgIpc) is 2.57. The Morgan fingerprint density at radius 3 is 2.62 bits per heavy atom. The van der Waals surface area contributed by atoms with Gasteiger partial charge in [-0.05, 0) is 6.07 Å². The van der Waals surface area contributed by atoms with E-state index in [0.717, 1.165) is 11.3 Å². The highest BCUT2D eigenvalue weighted by molar-refractivity contribution is 5.94. The van der Waals surface area contributed by atoms with Crippen LogP contribution in [0.2, 0.25) is 0 Å². The molecule has 4 heteroatoms. The molecule has 0 aromatic heterocycles. The molecular formula is C12H13NO3. The van der Waals surface area contributed by atoms with Gasteiger partial charge in [-0.1, -0.05) is 18.2 Å². The summed E-state index contributed by atoms with van der Waals surface area (Å²) in [5.74, 6) is -0.368. The summed E-state index contributed by atoms with van der Waals surface area (Å²) in [6.45, 7) is 3.29. The van der Waals surface area contributed by atoms with Crippen molar-refractivity contribution in [3.05, 3.63) is 29.8 Å². The molecule has 0 spiro atoms. The molecule has 0 saturated carbocycles. The SMILES string of the molecule is CC(=O)OC1CN(C(C)=O)c2ccccc21. The zero-order valence-corrected chi connectivity index (χ0v) is 9.27. The number of anilines is 1. The Balaban J connectivity index is 2.35. The first-order valence-corrected chi connectivity index (χ1v) is 5.14. The van der Waals surface area contributed by atoms with E-state index in [1.807, 2.05) is 24.3 Å². The number of nitrogens with zero attached hydrogens (tertiary/aromatic N) is 1. The number of carbonyl (C=O) groups excluding carboxylic acids is 2. The number of hydrogen-bond acceptors (Lipinski definition) is 3. The third-order valence-corrected chi connectivity index (χ3v) is 2.61. The molecule has 4 nitrogen and oxygen atoms in total. The summed E-state index contributed by atoms with van der Waals surface area (Å²) in [4.78, 5) is 24.0. The lowest BCUT2D eigenvalue weighted by molar-refractivity contribution is -0.146. The van der Waals surface area contributed by atoms with Crippen LogP contribution in [0.15, 0.2) is 24.3 Å². The Labute approximate surface area is 93.8 Å². The number of carbonyl (C=O) groups is 2. The van der Waals surface area contributed by atoms with Crippen molar-refractivity contribution in [1.29, 1.82) is 0 Å². The van der Waals surface area contributed by atoms with Gasteiger partial charge in [0.25, 0.3) is 0 Å². The summed E-state index contributed by atoms with van der Waals surface area (Å²) in [6, 6.07) is 7.48. The van der Waals surface area contributed by atoms with E-state index in [1.54, 1.807) is 4.90 Å². The van der Waals surface area contributed by atoms with Crippen LogP contribution in [-0.4, -0.2) is 18.4 Å². The van der Waals surface area contributed by atoms with Gasteiger partial charge in [-0.3, -0.25) is 9.59 Å². The van der Waals surface area contributed by atoms with E-state index in [4.69, 9.17) is 4.74 Å². The van der Waals surface area contributed by atoms with Crippen LogP contribution in [0.5, 0.6) is 0 Å². The molecule has 1 atom stereocenters. The maximum atomic E-state index is 11.4. The molecule has 1 aliphatic heterocycles. The predicted molar refractivity (Wildman–Crippen MR) is 59.0 cm³/mol. The largest absolute Gasteiger partial charge is 0.456 e. The Hall–Kier alpha value is -1.84. The van der Waals surface area contributed by atoms with Gasteiger partial charge in [-0.15, -0.1) is 0 Å². The minimum absolute atomic E-state index is 0.0397. The molecule has 0 radical (unpaired) electrons. The van der Waals surface area contributed by atoms with Gasteiger partial charge in [0, 0.05) is 19.4 Å². The van der Waals surface area contributed by atoms with Crippen LogP contribution in [0.1, 0.15) is 25.5 Å². The summed E-state index contributed by atoms with van der Waals surface area (Å²) in [5, 5.41) is 0. The minimum atomic E-state index is -0.336. The second-order valence-electron chi connectivity index (χ2n) is 3.79. The highest BCUT2D eigenvalue weighted by atomic mass is 16.5. The molecule has 0 aliphatic carbocycles. The van der Waals surface area contributed by atoms with Gasteiger partial charge in [0.15, 0.2) is 0 Å². The van der Waals surface area contributed by atoms with Crippen LogP contribution in [0, 0.1) is 0 Å². The highest BCUT2D eigenvalue weighted by Gasteiger charge is 2.32. The fourth-order valence-electron chi connectivity index (χ4n) is 1.97. The normalized spacial score (nSPS) is 18.1. The van der Waals surface area contributed by atoms with Gasteiger partial charge in [-0.2, -0.15) is 0 Å². The maximum Gasteiger partial charge on any atom is 0.303 e. The molecular weight excluding hydrogens is 206 g/mol. The number of para-hydroxylation sites is 1. The topological polar surface area (TPSA) is 46.6 Å². The van der Waals surface area contributed by atoms with Crippen molar-refractivity contribution in [3.63, 3.8) is 0 Å². The monoisotopic (exact) mass is 219 g/mol. The lowest BCUT2D eigenvalue weighted by Gasteiger charge is -2.14. The molecule has 1 amide bonds. The number of amides is 1. The maximum absolute atomic E-state index is 11.4. The first-order valence-electron chi connectivity index (χ1n) is 5.14. The molecule has 0 saturated heterocycles. The molecule has 2 rings (SSSR count). The molecule has 1 heterocycles. The van der Waals surface area contributed by atoms with Crippen LogP contribution in [-0.2, 0) is 14.3 Å². The molecule has 0 N–H and O–H groups in total. The van der Waals surface area contributed by atoms with Crippen LogP contribution < -0.4 is 4.90 Å². The number of benzene rings is 1. The highest BCUT2D eigenvalue weighted by Crippen LogP contribution is 2.36. The molecule has 84 valence electrons. The second kappa shape index (κ2) is 3.96. The molecule has 0 fully saturated rings. The van der Waals surface area contributed by atoms with Gasteiger partial charge >= 0.3 is 5.97 Å². The lowest BCUT2D eigenvalue weighted by atomic mass is 10.1. The number of hydrogen-bond donors (Lipinski definition) is 0. The van der Waals surface area contributed by atoms with Crippen molar-refractivity contribution in [2.75, 3.05) is 11.4 Å². The first kappa shape index (κ1) is 10.7. The Kier molecular flexibility index (Phi) is 2.64. The molecule has 1 unspecified atom stereocenters. The lowest BCUT2D eigenvalue weighted by Crippen LogP contribution is -2.27. The molecule has 1 aromatic rings. The number of fused-ring (bicyclic) bond motifs is 1. The average molecular weight is 219 g/mol. The van der Waals surface area contributed by atoms with Crippen molar-refractivity contribution in [2.45, 2.75) is 20.0 Å². The predicted octanol–water partition coefficient (Wildman–Crippen LogP) is 1.66. The smallest absolute Gasteiger partial charge is 0.303 e. The van der Waals surface area contributed by atoms with Crippen LogP contribution >= 0.6 is 0 Å². The first-order chi connectivity index (χ1) is 7.59. The quantitative estimate of drug-likeness (QED) is 0.675. The van der Waals surface area contributed by atoms with Crippen LogP contribution in [0.25, 0.3) is 0 Å². The second-order valence-corrected chi connectivity index (χ2v) is 3.79. The third-order valence-electron chi connectivity index (χ3n) is 2.61. The zero-order valence-electron chi connectivity index (χ0n) is 9.27. The van der Waals surface area contributed by atoms with Gasteiger partial charge in [0.2, 0.25) is 5.91 Å². The minimum Gasteiger partial charge on any atom is -0.456 e. The van der Waals surface area contributed by atoms with E-state index in [2.05, 4.69) is 0 Å². The van der Waals surface area contributed by atoms with Gasteiger partial charge in [0.1, 0.15) is 6.10 Å². The van der Waals surface area contributed by atoms with E-state index in [9.17, 15) is 9.59 Å². The molecule has 0 bridgehead atoms. The Morgan fingerprint density at radius 2 is 2.00 bits per heavy atom. The van der Waals surface area contributed by atoms with E-state index in [1.165, 1.54) is 13.8 Å². The van der Waals surface area contributed by atoms with Crippen LogP contribution in [0.3, 0.4) is 0 Å². The van der Waals surface area contributed by atoms with Crippen molar-refractivity contribution in [1.82, 2.24) is 0 Å². The van der Waals surface area contributed by atoms with Crippen molar-refractivity contribution in [2.24, 2.45) is 0 Å². The van der Waals surface area contributed by atoms with Gasteiger partial charge in [0.05, 0.1) is 12.2 Å². The zero-order chi connectivity index (χ0) is 11.7. The molecule has 1 aliphatic rings. The Bertz CT molecular complexity index is 442. The summed E-state index contributed by atoms with van der Waals surface area (Å²) in [6.07, 6.45) is -0.336. The summed E-state index contributed by atoms with van der Waals surface area (Å²) < 4.78 is 5.19. The summed E-state index contributed by atoms with van der Waals surface area (Å²) in [7, 11) is 0. The van der Waals surface area contributed by atoms with E-state index in [-0.39, 0.29) is 18.0 Å².